The molecule has 1 fully saturated rings. The minimum atomic E-state index is -0.238. The largest absolute Gasteiger partial charge is 0.377 e. The molecule has 0 unspecified atom stereocenters. The molecular weight excluding hydrogens is 418 g/mol. The number of hydrogen-bond donors (Lipinski definition) is 3. The minimum Gasteiger partial charge on any atom is -0.377 e. The number of allylic oxidation sites excluding steroid dienone is 1. The fourth-order valence-corrected chi connectivity index (χ4v) is 4.32. The van der Waals surface area contributed by atoms with Crippen molar-refractivity contribution in [3.05, 3.63) is 102 Å². The molecule has 1 aliphatic rings. The zero-order chi connectivity index (χ0) is 24.0. The summed E-state index contributed by atoms with van der Waals surface area (Å²) in [6.07, 6.45) is 4.32. The molecule has 1 aliphatic carbocycles. The number of fused-ring (bicyclic) bond motifs is 1. The summed E-state index contributed by atoms with van der Waals surface area (Å²) in [5.74, 6) is 5.35. The van der Waals surface area contributed by atoms with Crippen molar-refractivity contribution < 1.29 is 4.79 Å². The Bertz CT molecular complexity index is 1300. The van der Waals surface area contributed by atoms with Gasteiger partial charge in [-0.1, -0.05) is 85.3 Å². The van der Waals surface area contributed by atoms with Crippen LogP contribution in [0.4, 0.5) is 0 Å². The Labute approximate surface area is 202 Å². The third-order valence-corrected chi connectivity index (χ3v) is 6.31. The van der Waals surface area contributed by atoms with Gasteiger partial charge in [0.05, 0.1) is 17.8 Å². The number of hydrogen-bond acceptors (Lipinski definition) is 3. The lowest BCUT2D eigenvalue weighted by molar-refractivity contribution is -0.117. The second kappa shape index (κ2) is 10.3. The van der Waals surface area contributed by atoms with Gasteiger partial charge >= 0.3 is 0 Å². The van der Waals surface area contributed by atoms with E-state index in [9.17, 15) is 4.79 Å². The topological polar surface area (TPSA) is 53.2 Å². The maximum Gasteiger partial charge on any atom is 0.267 e. The van der Waals surface area contributed by atoms with Crippen molar-refractivity contribution in [2.75, 3.05) is 6.54 Å². The fraction of sp³-hybridized carbons (Fsp3) is 0.233. The molecule has 4 heteroatoms. The van der Waals surface area contributed by atoms with Gasteiger partial charge in [-0.2, -0.15) is 0 Å². The molecule has 172 valence electrons. The van der Waals surface area contributed by atoms with E-state index in [0.29, 0.717) is 18.8 Å². The molecule has 4 nitrogen and oxygen atoms in total. The van der Waals surface area contributed by atoms with Crippen molar-refractivity contribution in [2.24, 2.45) is 0 Å². The predicted octanol–water partition coefficient (Wildman–Crippen LogP) is 5.22. The van der Waals surface area contributed by atoms with Gasteiger partial charge in [-0.3, -0.25) is 4.79 Å². The highest BCUT2D eigenvalue weighted by molar-refractivity contribution is 5.92. The van der Waals surface area contributed by atoms with E-state index in [4.69, 9.17) is 0 Å². The molecule has 0 aliphatic heterocycles. The van der Waals surface area contributed by atoms with E-state index in [0.717, 1.165) is 29.7 Å². The molecule has 0 spiro atoms. The first-order valence-corrected chi connectivity index (χ1v) is 11.7. The summed E-state index contributed by atoms with van der Waals surface area (Å²) >= 11 is 0. The van der Waals surface area contributed by atoms with Crippen LogP contribution in [0.15, 0.2) is 85.1 Å². The van der Waals surface area contributed by atoms with E-state index in [1.54, 1.807) is 6.92 Å². The van der Waals surface area contributed by atoms with Gasteiger partial charge in [0.15, 0.2) is 0 Å². The Balaban J connectivity index is 1.52. The van der Waals surface area contributed by atoms with Gasteiger partial charge in [0.25, 0.3) is 5.91 Å². The van der Waals surface area contributed by atoms with Crippen molar-refractivity contribution in [2.45, 2.75) is 38.8 Å². The average molecular weight is 450 g/mol. The predicted molar refractivity (Wildman–Crippen MR) is 141 cm³/mol. The van der Waals surface area contributed by atoms with Crippen molar-refractivity contribution in [1.29, 1.82) is 0 Å². The van der Waals surface area contributed by atoms with E-state index in [2.05, 4.69) is 102 Å². The number of rotatable bonds is 9. The smallest absolute Gasteiger partial charge is 0.267 e. The van der Waals surface area contributed by atoms with Gasteiger partial charge in [-0.15, -0.1) is 5.92 Å². The van der Waals surface area contributed by atoms with Gasteiger partial charge in [0.1, 0.15) is 0 Å². The summed E-state index contributed by atoms with van der Waals surface area (Å²) in [5, 5.41) is 12.4. The Kier molecular flexibility index (Phi) is 7.04. The Hall–Kier alpha value is -3.97. The summed E-state index contributed by atoms with van der Waals surface area (Å²) in [4.78, 5) is 12.2. The Morgan fingerprint density at radius 2 is 1.76 bits per heavy atom. The van der Waals surface area contributed by atoms with Gasteiger partial charge in [0.2, 0.25) is 0 Å². The van der Waals surface area contributed by atoms with Gasteiger partial charge in [-0.05, 0) is 48.6 Å². The van der Waals surface area contributed by atoms with E-state index in [-0.39, 0.29) is 11.4 Å². The van der Waals surface area contributed by atoms with E-state index in [1.165, 1.54) is 16.3 Å². The molecule has 0 bridgehead atoms. The second-order valence-corrected chi connectivity index (χ2v) is 8.53. The maximum atomic E-state index is 12.2. The quantitative estimate of drug-likeness (QED) is 0.310. The standard InChI is InChI=1S/C30H31N3O/c1-4-6-20-31-29(34)22(3)32-21-24-13-8-10-16-26(24)28(5-2)33-30(18-19-30)27-17-11-14-23-12-7-9-15-25(23)27/h5,7-17,32-33H,3,18-21H2,1-2H3,(H,31,34). The third kappa shape index (κ3) is 5.00. The number of carbonyl (C=O) groups excluding carboxylic acids is 1. The highest BCUT2D eigenvalue weighted by Gasteiger charge is 2.45. The molecule has 34 heavy (non-hydrogen) atoms. The first-order valence-electron chi connectivity index (χ1n) is 11.7. The van der Waals surface area contributed by atoms with Crippen LogP contribution in [-0.4, -0.2) is 12.5 Å². The molecule has 1 saturated carbocycles. The third-order valence-electron chi connectivity index (χ3n) is 6.31. The van der Waals surface area contributed by atoms with Gasteiger partial charge < -0.3 is 16.0 Å². The number of amides is 1. The lowest BCUT2D eigenvalue weighted by Gasteiger charge is -2.25. The zero-order valence-electron chi connectivity index (χ0n) is 19.9. The maximum absolute atomic E-state index is 12.2. The van der Waals surface area contributed by atoms with Crippen molar-refractivity contribution in [1.82, 2.24) is 16.0 Å². The lowest BCUT2D eigenvalue weighted by Crippen LogP contribution is -2.32. The lowest BCUT2D eigenvalue weighted by atomic mass is 9.95. The van der Waals surface area contributed by atoms with Crippen LogP contribution in [0.1, 0.15) is 43.4 Å². The fourth-order valence-electron chi connectivity index (χ4n) is 4.32. The molecule has 0 atom stereocenters. The number of nitrogens with one attached hydrogen (secondary N) is 3. The summed E-state index contributed by atoms with van der Waals surface area (Å²) in [6, 6.07) is 23.4. The van der Waals surface area contributed by atoms with Crippen LogP contribution in [-0.2, 0) is 16.9 Å². The van der Waals surface area contributed by atoms with Crippen molar-refractivity contribution in [3.63, 3.8) is 0 Å². The van der Waals surface area contributed by atoms with Crippen LogP contribution >= 0.6 is 0 Å². The van der Waals surface area contributed by atoms with Crippen molar-refractivity contribution >= 4 is 22.4 Å². The molecular formula is C30H31N3O. The van der Waals surface area contributed by atoms with Crippen LogP contribution in [0, 0.1) is 11.8 Å². The highest BCUT2D eigenvalue weighted by Crippen LogP contribution is 2.49. The van der Waals surface area contributed by atoms with E-state index in [1.807, 2.05) is 12.1 Å². The first kappa shape index (κ1) is 23.2. The molecule has 0 aromatic heterocycles. The van der Waals surface area contributed by atoms with Crippen LogP contribution in [0.5, 0.6) is 0 Å². The average Bonchev–Trinajstić information content (AvgIpc) is 3.66. The van der Waals surface area contributed by atoms with Crippen molar-refractivity contribution in [3.8, 4) is 11.8 Å². The molecule has 3 N–H and O–H groups in total. The molecule has 3 aromatic carbocycles. The van der Waals surface area contributed by atoms with Crippen LogP contribution in [0.25, 0.3) is 16.5 Å². The molecule has 4 rings (SSSR count). The first-order chi connectivity index (χ1) is 16.6. The Morgan fingerprint density at radius 1 is 1.03 bits per heavy atom. The summed E-state index contributed by atoms with van der Waals surface area (Å²) in [7, 11) is 0. The Morgan fingerprint density at radius 3 is 2.53 bits per heavy atom. The van der Waals surface area contributed by atoms with Crippen LogP contribution < -0.4 is 16.0 Å². The zero-order valence-corrected chi connectivity index (χ0v) is 19.9. The SMILES string of the molecule is C=C(NCc1ccccc1C(=CC)NC1(c2cccc3ccccc23)CC1)C(=O)NCC#CC. The highest BCUT2D eigenvalue weighted by atomic mass is 16.2. The molecule has 0 radical (unpaired) electrons. The van der Waals surface area contributed by atoms with E-state index < -0.39 is 0 Å². The summed E-state index contributed by atoms with van der Waals surface area (Å²) < 4.78 is 0. The van der Waals surface area contributed by atoms with E-state index >= 15 is 0 Å². The molecule has 1 amide bonds. The summed E-state index contributed by atoms with van der Waals surface area (Å²) in [5.41, 5.74) is 4.93. The minimum absolute atomic E-state index is 0.0625. The second-order valence-electron chi connectivity index (χ2n) is 8.53. The monoisotopic (exact) mass is 449 g/mol. The number of carbonyl (C=O) groups is 1. The normalized spacial score (nSPS) is 14.0. The molecule has 0 heterocycles. The molecule has 3 aromatic rings. The number of benzene rings is 3. The van der Waals surface area contributed by atoms with Gasteiger partial charge in [-0.25, -0.2) is 0 Å². The molecule has 0 saturated heterocycles. The van der Waals surface area contributed by atoms with Crippen LogP contribution in [0.3, 0.4) is 0 Å². The van der Waals surface area contributed by atoms with Crippen LogP contribution in [0.2, 0.25) is 0 Å². The summed E-state index contributed by atoms with van der Waals surface area (Å²) in [6.45, 7) is 8.50. The van der Waals surface area contributed by atoms with Gasteiger partial charge in [0, 0.05) is 17.8 Å².